The van der Waals surface area contributed by atoms with Gasteiger partial charge in [0.25, 0.3) is 0 Å². The summed E-state index contributed by atoms with van der Waals surface area (Å²) in [6.07, 6.45) is 6.82. The van der Waals surface area contributed by atoms with E-state index in [2.05, 4.69) is 15.1 Å². The van der Waals surface area contributed by atoms with Gasteiger partial charge in [0, 0.05) is 31.2 Å². The Morgan fingerprint density at radius 3 is 2.71 bits per heavy atom. The van der Waals surface area contributed by atoms with Crippen LogP contribution in [0.25, 0.3) is 11.3 Å². The molecule has 0 N–H and O–H groups in total. The second-order valence-electron chi connectivity index (χ2n) is 2.82. The number of hydrogen-bond donors (Lipinski definition) is 0. The van der Waals surface area contributed by atoms with E-state index in [1.165, 1.54) is 0 Å². The minimum absolute atomic E-state index is 0.514. The van der Waals surface area contributed by atoms with Gasteiger partial charge in [0.15, 0.2) is 0 Å². The molecule has 5 heteroatoms. The van der Waals surface area contributed by atoms with Crippen molar-refractivity contribution in [3.63, 3.8) is 0 Å². The first kappa shape index (κ1) is 8.68. The zero-order valence-corrected chi connectivity index (χ0v) is 8.01. The average Bonchev–Trinajstić information content (AvgIpc) is 2.65. The van der Waals surface area contributed by atoms with E-state index in [-0.39, 0.29) is 0 Å². The van der Waals surface area contributed by atoms with Crippen LogP contribution in [0, 0.1) is 0 Å². The van der Waals surface area contributed by atoms with Crippen LogP contribution in [0.4, 0.5) is 0 Å². The van der Waals surface area contributed by atoms with Gasteiger partial charge in [-0.25, -0.2) is 9.97 Å². The first-order chi connectivity index (χ1) is 6.81. The fourth-order valence-electron chi connectivity index (χ4n) is 1.22. The first-order valence-corrected chi connectivity index (χ1v) is 4.15. The monoisotopic (exact) mass is 190 g/mol. The first-order valence-electron chi connectivity index (χ1n) is 4.15. The van der Waals surface area contributed by atoms with Gasteiger partial charge >= 0.3 is 0 Å². The molecule has 0 aliphatic carbocycles. The number of hydrogen-bond acceptors (Lipinski definition) is 4. The Bertz CT molecular complexity index is 438. The molecular formula is C9H10N4O. The normalized spacial score (nSPS) is 10.1. The minimum Gasteiger partial charge on any atom is -0.479 e. The van der Waals surface area contributed by atoms with Crippen molar-refractivity contribution in [3.05, 3.63) is 24.8 Å². The summed E-state index contributed by atoms with van der Waals surface area (Å²) in [5, 5.41) is 4.06. The molecule has 2 aromatic rings. The predicted molar refractivity (Wildman–Crippen MR) is 50.8 cm³/mol. The van der Waals surface area contributed by atoms with Crippen molar-refractivity contribution in [2.45, 2.75) is 0 Å². The van der Waals surface area contributed by atoms with E-state index < -0.39 is 0 Å². The lowest BCUT2D eigenvalue weighted by Gasteiger charge is -2.02. The maximum Gasteiger partial charge on any atom is 0.240 e. The van der Waals surface area contributed by atoms with Crippen LogP contribution in [0.3, 0.4) is 0 Å². The maximum absolute atomic E-state index is 5.10. The van der Waals surface area contributed by atoms with Gasteiger partial charge in [-0.05, 0) is 0 Å². The van der Waals surface area contributed by atoms with Crippen LogP contribution < -0.4 is 4.74 Å². The number of rotatable bonds is 2. The third kappa shape index (κ3) is 1.44. The Morgan fingerprint density at radius 1 is 1.29 bits per heavy atom. The van der Waals surface area contributed by atoms with E-state index in [4.69, 9.17) is 4.74 Å². The molecule has 14 heavy (non-hydrogen) atoms. The largest absolute Gasteiger partial charge is 0.479 e. The van der Waals surface area contributed by atoms with Gasteiger partial charge in [-0.15, -0.1) is 0 Å². The van der Waals surface area contributed by atoms with Gasteiger partial charge in [0.05, 0.1) is 13.3 Å². The van der Waals surface area contributed by atoms with Crippen molar-refractivity contribution < 1.29 is 4.74 Å². The molecule has 2 rings (SSSR count). The summed E-state index contributed by atoms with van der Waals surface area (Å²) >= 11 is 0. The molecule has 0 saturated heterocycles. The SMILES string of the molecule is COc1nccnc1-c1cnn(C)c1. The molecule has 0 aliphatic rings. The topological polar surface area (TPSA) is 52.8 Å². The van der Waals surface area contributed by atoms with Crippen molar-refractivity contribution in [2.24, 2.45) is 7.05 Å². The van der Waals surface area contributed by atoms with Crippen LogP contribution >= 0.6 is 0 Å². The summed E-state index contributed by atoms with van der Waals surface area (Å²) in [4.78, 5) is 8.25. The quantitative estimate of drug-likeness (QED) is 0.705. The van der Waals surface area contributed by atoms with Gasteiger partial charge in [-0.1, -0.05) is 0 Å². The Balaban J connectivity index is 2.50. The maximum atomic E-state index is 5.10. The molecule has 0 spiro atoms. The summed E-state index contributed by atoms with van der Waals surface area (Å²) in [6.45, 7) is 0. The number of nitrogens with zero attached hydrogens (tertiary/aromatic N) is 4. The van der Waals surface area contributed by atoms with Crippen LogP contribution in [-0.2, 0) is 7.05 Å². The Hall–Kier alpha value is -1.91. The lowest BCUT2D eigenvalue weighted by Crippen LogP contribution is -1.92. The molecule has 0 aromatic carbocycles. The fourth-order valence-corrected chi connectivity index (χ4v) is 1.22. The molecule has 0 unspecified atom stereocenters. The van der Waals surface area contributed by atoms with Crippen molar-refractivity contribution in [2.75, 3.05) is 7.11 Å². The predicted octanol–water partition coefficient (Wildman–Crippen LogP) is 0.886. The van der Waals surface area contributed by atoms with Crippen LogP contribution in [0.2, 0.25) is 0 Å². The van der Waals surface area contributed by atoms with Gasteiger partial charge in [0.1, 0.15) is 5.69 Å². The van der Waals surface area contributed by atoms with E-state index in [9.17, 15) is 0 Å². The van der Waals surface area contributed by atoms with E-state index in [0.717, 1.165) is 5.56 Å². The Morgan fingerprint density at radius 2 is 2.07 bits per heavy atom. The van der Waals surface area contributed by atoms with Gasteiger partial charge in [-0.3, -0.25) is 4.68 Å². The molecular weight excluding hydrogens is 180 g/mol. The average molecular weight is 190 g/mol. The molecule has 0 aliphatic heterocycles. The standard InChI is InChI=1S/C9H10N4O/c1-13-6-7(5-12-13)8-9(14-2)11-4-3-10-8/h3-6H,1-2H3. The molecule has 5 nitrogen and oxygen atoms in total. The summed E-state index contributed by atoms with van der Waals surface area (Å²) in [7, 11) is 3.43. The second-order valence-corrected chi connectivity index (χ2v) is 2.82. The highest BCUT2D eigenvalue weighted by molar-refractivity contribution is 5.62. The lowest BCUT2D eigenvalue weighted by molar-refractivity contribution is 0.398. The molecule has 2 heterocycles. The van der Waals surface area contributed by atoms with E-state index in [1.54, 1.807) is 30.4 Å². The molecule has 2 aromatic heterocycles. The zero-order chi connectivity index (χ0) is 9.97. The highest BCUT2D eigenvalue weighted by Crippen LogP contribution is 2.23. The van der Waals surface area contributed by atoms with E-state index in [1.807, 2.05) is 13.2 Å². The van der Waals surface area contributed by atoms with Crippen LogP contribution in [0.5, 0.6) is 5.88 Å². The molecule has 0 atom stereocenters. The molecule has 0 amide bonds. The highest BCUT2D eigenvalue weighted by Gasteiger charge is 2.08. The number of aromatic nitrogens is 4. The third-order valence-electron chi connectivity index (χ3n) is 1.84. The smallest absolute Gasteiger partial charge is 0.240 e. The molecule has 0 radical (unpaired) electrons. The molecule has 0 bridgehead atoms. The van der Waals surface area contributed by atoms with Crippen LogP contribution in [-0.4, -0.2) is 26.9 Å². The second kappa shape index (κ2) is 3.45. The summed E-state index contributed by atoms with van der Waals surface area (Å²) < 4.78 is 6.81. The number of methoxy groups -OCH3 is 1. The Kier molecular flexibility index (Phi) is 2.14. The van der Waals surface area contributed by atoms with Crippen LogP contribution in [0.15, 0.2) is 24.8 Å². The zero-order valence-electron chi connectivity index (χ0n) is 8.01. The summed E-state index contributed by atoms with van der Waals surface area (Å²) in [6, 6.07) is 0. The van der Waals surface area contributed by atoms with Crippen LogP contribution in [0.1, 0.15) is 0 Å². The van der Waals surface area contributed by atoms with Crippen molar-refractivity contribution in [1.29, 1.82) is 0 Å². The minimum atomic E-state index is 0.514. The summed E-state index contributed by atoms with van der Waals surface area (Å²) in [5.74, 6) is 0.514. The van der Waals surface area contributed by atoms with Gasteiger partial charge < -0.3 is 4.74 Å². The number of ether oxygens (including phenoxy) is 1. The number of aryl methyl sites for hydroxylation is 1. The Labute approximate surface area is 81.4 Å². The lowest BCUT2D eigenvalue weighted by atomic mass is 10.2. The third-order valence-corrected chi connectivity index (χ3v) is 1.84. The van der Waals surface area contributed by atoms with E-state index >= 15 is 0 Å². The van der Waals surface area contributed by atoms with E-state index in [0.29, 0.717) is 11.6 Å². The van der Waals surface area contributed by atoms with Crippen molar-refractivity contribution in [1.82, 2.24) is 19.7 Å². The highest BCUT2D eigenvalue weighted by atomic mass is 16.5. The molecule has 0 saturated carbocycles. The molecule has 72 valence electrons. The molecule has 0 fully saturated rings. The van der Waals surface area contributed by atoms with Crippen molar-refractivity contribution in [3.8, 4) is 17.1 Å². The fraction of sp³-hybridized carbons (Fsp3) is 0.222. The van der Waals surface area contributed by atoms with Gasteiger partial charge in [0.2, 0.25) is 5.88 Å². The van der Waals surface area contributed by atoms with Crippen molar-refractivity contribution >= 4 is 0 Å². The van der Waals surface area contributed by atoms with Gasteiger partial charge in [-0.2, -0.15) is 5.10 Å². The summed E-state index contributed by atoms with van der Waals surface area (Å²) in [5.41, 5.74) is 1.61.